The number of nitrogens with two attached hydrogens (primary N) is 1. The van der Waals surface area contributed by atoms with Crippen molar-refractivity contribution in [3.05, 3.63) is 57.1 Å². The lowest BCUT2D eigenvalue weighted by Crippen LogP contribution is -2.05. The molecule has 2 N–H and O–H groups in total. The molecule has 0 amide bonds. The van der Waals surface area contributed by atoms with E-state index in [2.05, 4.69) is 15.9 Å². The summed E-state index contributed by atoms with van der Waals surface area (Å²) in [6.07, 6.45) is 0. The second-order valence-electron chi connectivity index (χ2n) is 4.61. The highest BCUT2D eigenvalue weighted by molar-refractivity contribution is 9.10. The maximum absolute atomic E-state index is 13.8. The molecule has 0 aliphatic carbocycles. The summed E-state index contributed by atoms with van der Waals surface area (Å²) in [6.45, 7) is 3.54. The van der Waals surface area contributed by atoms with Gasteiger partial charge in [-0.15, -0.1) is 0 Å². The number of hydrogen-bond donors (Lipinski definition) is 1. The molecule has 0 saturated carbocycles. The lowest BCUT2D eigenvalue weighted by Gasteiger charge is -2.14. The van der Waals surface area contributed by atoms with Crippen LogP contribution in [0.15, 0.2) is 28.7 Å². The Balaban J connectivity index is 2.28. The lowest BCUT2D eigenvalue weighted by molar-refractivity contribution is 0.292. The molecule has 0 aliphatic heterocycles. The molecule has 0 fully saturated rings. The van der Waals surface area contributed by atoms with Crippen molar-refractivity contribution >= 4 is 21.6 Å². The minimum atomic E-state index is -0.659. The molecule has 0 bridgehead atoms. The normalized spacial score (nSPS) is 10.7. The van der Waals surface area contributed by atoms with Crippen LogP contribution in [0.5, 0.6) is 5.75 Å². The maximum atomic E-state index is 13.8. The first-order valence-electron chi connectivity index (χ1n) is 6.02. The third kappa shape index (κ3) is 2.93. The van der Waals surface area contributed by atoms with Gasteiger partial charge in [-0.2, -0.15) is 0 Å². The lowest BCUT2D eigenvalue weighted by atomic mass is 10.1. The second kappa shape index (κ2) is 5.79. The fourth-order valence-electron chi connectivity index (χ4n) is 2.03. The maximum Gasteiger partial charge on any atom is 0.146 e. The number of nitrogen functional groups attached to an aromatic ring is 1. The molecule has 106 valence electrons. The zero-order chi connectivity index (χ0) is 14.9. The zero-order valence-corrected chi connectivity index (χ0v) is 12.7. The molecule has 2 rings (SSSR count). The van der Waals surface area contributed by atoms with Crippen molar-refractivity contribution in [2.45, 2.75) is 20.5 Å². The average molecular weight is 342 g/mol. The Labute approximate surface area is 124 Å². The first-order chi connectivity index (χ1) is 9.40. The summed E-state index contributed by atoms with van der Waals surface area (Å²) in [6, 6.07) is 6.17. The van der Waals surface area contributed by atoms with Gasteiger partial charge >= 0.3 is 0 Å². The Morgan fingerprint density at radius 2 is 1.90 bits per heavy atom. The monoisotopic (exact) mass is 341 g/mol. The quantitative estimate of drug-likeness (QED) is 0.658. The van der Waals surface area contributed by atoms with Crippen LogP contribution in [0.2, 0.25) is 0 Å². The third-order valence-electron chi connectivity index (χ3n) is 2.95. The van der Waals surface area contributed by atoms with E-state index in [1.54, 1.807) is 6.07 Å². The van der Waals surface area contributed by atoms with E-state index >= 15 is 0 Å². The molecule has 0 aliphatic rings. The molecular weight excluding hydrogens is 328 g/mol. The van der Waals surface area contributed by atoms with Gasteiger partial charge in [-0.05, 0) is 59.1 Å². The van der Waals surface area contributed by atoms with Gasteiger partial charge in [0.1, 0.15) is 24.0 Å². The number of ether oxygens (including phenoxy) is 1. The van der Waals surface area contributed by atoms with Crippen molar-refractivity contribution in [2.75, 3.05) is 5.73 Å². The van der Waals surface area contributed by atoms with Crippen LogP contribution in [0.25, 0.3) is 0 Å². The molecule has 2 aromatic carbocycles. The second-order valence-corrected chi connectivity index (χ2v) is 5.46. The Morgan fingerprint density at radius 1 is 1.20 bits per heavy atom. The molecule has 2 nitrogen and oxygen atoms in total. The van der Waals surface area contributed by atoms with Crippen LogP contribution in [0.4, 0.5) is 14.5 Å². The zero-order valence-electron chi connectivity index (χ0n) is 11.1. The van der Waals surface area contributed by atoms with Crippen LogP contribution in [0.3, 0.4) is 0 Å². The highest BCUT2D eigenvalue weighted by Gasteiger charge is 2.14. The minimum Gasteiger partial charge on any atom is -0.486 e. The number of anilines is 1. The summed E-state index contributed by atoms with van der Waals surface area (Å²) in [4.78, 5) is 0. The number of benzene rings is 2. The SMILES string of the molecule is Cc1cc(C)c(OCc2c(F)ccc(Br)c2F)c(N)c1. The van der Waals surface area contributed by atoms with Gasteiger partial charge in [0.15, 0.2) is 0 Å². The fraction of sp³-hybridized carbons (Fsp3) is 0.200. The van der Waals surface area contributed by atoms with Crippen LogP contribution in [-0.2, 0) is 6.61 Å². The third-order valence-corrected chi connectivity index (χ3v) is 3.56. The Morgan fingerprint density at radius 3 is 2.55 bits per heavy atom. The van der Waals surface area contributed by atoms with Crippen molar-refractivity contribution in [1.82, 2.24) is 0 Å². The molecule has 5 heteroatoms. The van der Waals surface area contributed by atoms with Crippen LogP contribution in [0.1, 0.15) is 16.7 Å². The van der Waals surface area contributed by atoms with Gasteiger partial charge in [0.2, 0.25) is 0 Å². The summed E-state index contributed by atoms with van der Waals surface area (Å²) >= 11 is 3.02. The molecule has 0 saturated heterocycles. The smallest absolute Gasteiger partial charge is 0.146 e. The summed E-state index contributed by atoms with van der Waals surface area (Å²) in [5.41, 5.74) is 8.04. The van der Waals surface area contributed by atoms with Gasteiger partial charge in [-0.1, -0.05) is 6.07 Å². The molecule has 20 heavy (non-hydrogen) atoms. The Hall–Kier alpha value is -1.62. The molecule has 0 spiro atoms. The molecule has 2 aromatic rings. The van der Waals surface area contributed by atoms with E-state index < -0.39 is 11.6 Å². The Kier molecular flexibility index (Phi) is 4.28. The highest BCUT2D eigenvalue weighted by Crippen LogP contribution is 2.29. The minimum absolute atomic E-state index is 0.126. The molecule has 0 unspecified atom stereocenters. The number of halogens is 3. The number of hydrogen-bond acceptors (Lipinski definition) is 2. The molecule has 0 radical (unpaired) electrons. The summed E-state index contributed by atoms with van der Waals surface area (Å²) < 4.78 is 33.2. The van der Waals surface area contributed by atoms with E-state index in [0.29, 0.717) is 11.4 Å². The first kappa shape index (κ1) is 14.8. The van der Waals surface area contributed by atoms with Gasteiger partial charge in [0.25, 0.3) is 0 Å². The van der Waals surface area contributed by atoms with Crippen molar-refractivity contribution in [1.29, 1.82) is 0 Å². The van der Waals surface area contributed by atoms with Gasteiger partial charge in [0, 0.05) is 0 Å². The summed E-state index contributed by atoms with van der Waals surface area (Å²) in [7, 11) is 0. The van der Waals surface area contributed by atoms with E-state index in [4.69, 9.17) is 10.5 Å². The van der Waals surface area contributed by atoms with Crippen molar-refractivity contribution < 1.29 is 13.5 Å². The topological polar surface area (TPSA) is 35.2 Å². The summed E-state index contributed by atoms with van der Waals surface area (Å²) in [5.74, 6) is -0.850. The molecule has 0 aromatic heterocycles. The van der Waals surface area contributed by atoms with Gasteiger partial charge in [-0.3, -0.25) is 0 Å². The largest absolute Gasteiger partial charge is 0.486 e. The van der Waals surface area contributed by atoms with Crippen molar-refractivity contribution in [3.8, 4) is 5.75 Å². The van der Waals surface area contributed by atoms with Gasteiger partial charge < -0.3 is 10.5 Å². The molecule has 0 heterocycles. The molecule has 0 atom stereocenters. The predicted octanol–water partition coefficient (Wildman–Crippen LogP) is 4.51. The van der Waals surface area contributed by atoms with Crippen LogP contribution in [-0.4, -0.2) is 0 Å². The summed E-state index contributed by atoms with van der Waals surface area (Å²) in [5, 5.41) is 0. The first-order valence-corrected chi connectivity index (χ1v) is 6.81. The highest BCUT2D eigenvalue weighted by atomic mass is 79.9. The van der Waals surface area contributed by atoms with E-state index in [1.165, 1.54) is 12.1 Å². The predicted molar refractivity (Wildman–Crippen MR) is 78.7 cm³/mol. The van der Waals surface area contributed by atoms with Crippen LogP contribution >= 0.6 is 15.9 Å². The van der Waals surface area contributed by atoms with Crippen LogP contribution < -0.4 is 10.5 Å². The van der Waals surface area contributed by atoms with E-state index in [0.717, 1.165) is 11.1 Å². The Bertz CT molecular complexity index is 636. The van der Waals surface area contributed by atoms with E-state index in [9.17, 15) is 8.78 Å². The van der Waals surface area contributed by atoms with Crippen molar-refractivity contribution in [2.24, 2.45) is 0 Å². The van der Waals surface area contributed by atoms with Gasteiger partial charge in [0.05, 0.1) is 15.7 Å². The van der Waals surface area contributed by atoms with E-state index in [1.807, 2.05) is 19.9 Å². The fourth-order valence-corrected chi connectivity index (χ4v) is 2.40. The van der Waals surface area contributed by atoms with Crippen molar-refractivity contribution in [3.63, 3.8) is 0 Å². The number of aryl methyl sites for hydroxylation is 2. The number of rotatable bonds is 3. The van der Waals surface area contributed by atoms with Gasteiger partial charge in [-0.25, -0.2) is 8.78 Å². The van der Waals surface area contributed by atoms with E-state index in [-0.39, 0.29) is 16.6 Å². The molecular formula is C15H14BrF2NO. The average Bonchev–Trinajstić information content (AvgIpc) is 2.36. The standard InChI is InChI=1S/C15H14BrF2NO/c1-8-5-9(2)15(13(19)6-8)20-7-10-12(17)4-3-11(16)14(10)18/h3-6H,7,19H2,1-2H3. The van der Waals surface area contributed by atoms with Crippen LogP contribution in [0, 0.1) is 25.5 Å².